The fourth-order valence-corrected chi connectivity index (χ4v) is 3.36. The molecule has 4 heteroatoms. The molecule has 0 aromatic carbocycles. The first-order valence-electron chi connectivity index (χ1n) is 5.95. The van der Waals surface area contributed by atoms with Crippen molar-refractivity contribution in [1.82, 2.24) is 4.98 Å². The third-order valence-corrected chi connectivity index (χ3v) is 4.60. The van der Waals surface area contributed by atoms with Gasteiger partial charge in [-0.3, -0.25) is 4.79 Å². The Kier molecular flexibility index (Phi) is 3.30. The minimum Gasteiger partial charge on any atom is -0.298 e. The molecule has 17 heavy (non-hydrogen) atoms. The highest BCUT2D eigenvalue weighted by molar-refractivity contribution is 7.11. The highest BCUT2D eigenvalue weighted by atomic mass is 32.1. The Morgan fingerprint density at radius 2 is 2.24 bits per heavy atom. The SMILES string of the molecule is Cc1nc(CC2(C#N)CCCCC2=O)sc1C. The topological polar surface area (TPSA) is 53.8 Å². The number of Topliss-reactive ketones (excluding diaryl/α,β-unsaturated/α-hetero) is 1. The van der Waals surface area contributed by atoms with Gasteiger partial charge in [-0.05, 0) is 26.7 Å². The molecule has 2 rings (SSSR count). The van der Waals surface area contributed by atoms with Gasteiger partial charge in [0, 0.05) is 17.7 Å². The van der Waals surface area contributed by atoms with Crippen molar-refractivity contribution < 1.29 is 4.79 Å². The Labute approximate surface area is 105 Å². The molecule has 1 heterocycles. The van der Waals surface area contributed by atoms with Crippen molar-refractivity contribution in [2.45, 2.75) is 46.0 Å². The molecule has 1 aromatic heterocycles. The summed E-state index contributed by atoms with van der Waals surface area (Å²) in [6.07, 6.45) is 3.65. The summed E-state index contributed by atoms with van der Waals surface area (Å²) >= 11 is 1.61. The molecule has 0 amide bonds. The zero-order valence-corrected chi connectivity index (χ0v) is 11.1. The lowest BCUT2D eigenvalue weighted by Gasteiger charge is -2.28. The predicted molar refractivity (Wildman–Crippen MR) is 66.8 cm³/mol. The van der Waals surface area contributed by atoms with Crippen LogP contribution in [0.2, 0.25) is 0 Å². The molecule has 1 atom stereocenters. The highest BCUT2D eigenvalue weighted by Gasteiger charge is 2.41. The molecule has 0 aliphatic heterocycles. The van der Waals surface area contributed by atoms with E-state index in [1.807, 2.05) is 13.8 Å². The number of hydrogen-bond donors (Lipinski definition) is 0. The van der Waals surface area contributed by atoms with E-state index in [1.165, 1.54) is 4.88 Å². The quantitative estimate of drug-likeness (QED) is 0.808. The van der Waals surface area contributed by atoms with Crippen LogP contribution in [0.4, 0.5) is 0 Å². The first kappa shape index (κ1) is 12.3. The zero-order valence-electron chi connectivity index (χ0n) is 10.2. The van der Waals surface area contributed by atoms with E-state index in [0.717, 1.165) is 23.5 Å². The summed E-state index contributed by atoms with van der Waals surface area (Å²) in [7, 11) is 0. The smallest absolute Gasteiger partial charge is 0.153 e. The van der Waals surface area contributed by atoms with Crippen molar-refractivity contribution in [3.63, 3.8) is 0 Å². The van der Waals surface area contributed by atoms with Crippen LogP contribution in [-0.2, 0) is 11.2 Å². The number of aryl methyl sites for hydroxylation is 2. The number of hydrogen-bond acceptors (Lipinski definition) is 4. The standard InChI is InChI=1S/C13H16N2OS/c1-9-10(2)17-12(15-9)7-13(8-14)6-4-3-5-11(13)16/h3-7H2,1-2H3. The van der Waals surface area contributed by atoms with Crippen molar-refractivity contribution in [2.24, 2.45) is 5.41 Å². The normalized spacial score (nSPS) is 24.6. The van der Waals surface area contributed by atoms with Crippen molar-refractivity contribution in [2.75, 3.05) is 0 Å². The summed E-state index contributed by atoms with van der Waals surface area (Å²) < 4.78 is 0. The van der Waals surface area contributed by atoms with E-state index in [0.29, 0.717) is 19.3 Å². The molecular formula is C13H16N2OS. The van der Waals surface area contributed by atoms with E-state index in [-0.39, 0.29) is 5.78 Å². The number of rotatable bonds is 2. The first-order chi connectivity index (χ1) is 8.07. The lowest BCUT2D eigenvalue weighted by Crippen LogP contribution is -2.34. The highest BCUT2D eigenvalue weighted by Crippen LogP contribution is 2.37. The van der Waals surface area contributed by atoms with Crippen LogP contribution in [0, 0.1) is 30.6 Å². The van der Waals surface area contributed by atoms with Crippen LogP contribution in [0.15, 0.2) is 0 Å². The molecule has 1 aliphatic carbocycles. The molecule has 1 fully saturated rings. The number of nitrogens with zero attached hydrogens (tertiary/aromatic N) is 2. The van der Waals surface area contributed by atoms with Crippen molar-refractivity contribution >= 4 is 17.1 Å². The maximum absolute atomic E-state index is 12.0. The number of thiazole rings is 1. The van der Waals surface area contributed by atoms with E-state index >= 15 is 0 Å². The van der Waals surface area contributed by atoms with Crippen molar-refractivity contribution in [1.29, 1.82) is 5.26 Å². The number of carbonyl (C=O) groups is 1. The summed E-state index contributed by atoms with van der Waals surface area (Å²) in [5, 5.41) is 10.3. The average Bonchev–Trinajstić information content (AvgIpc) is 2.61. The second kappa shape index (κ2) is 4.58. The Morgan fingerprint density at radius 1 is 1.47 bits per heavy atom. The van der Waals surface area contributed by atoms with Gasteiger partial charge >= 0.3 is 0 Å². The lowest BCUT2D eigenvalue weighted by molar-refractivity contribution is -0.128. The Balaban J connectivity index is 2.25. The summed E-state index contributed by atoms with van der Waals surface area (Å²) in [4.78, 5) is 17.6. The van der Waals surface area contributed by atoms with Gasteiger partial charge in [-0.25, -0.2) is 4.98 Å². The van der Waals surface area contributed by atoms with Gasteiger partial charge in [0.2, 0.25) is 0 Å². The van der Waals surface area contributed by atoms with Gasteiger partial charge in [0.15, 0.2) is 5.78 Å². The van der Waals surface area contributed by atoms with Gasteiger partial charge in [-0.15, -0.1) is 11.3 Å². The van der Waals surface area contributed by atoms with Crippen LogP contribution >= 0.6 is 11.3 Å². The van der Waals surface area contributed by atoms with E-state index in [1.54, 1.807) is 11.3 Å². The molecule has 1 aromatic rings. The Bertz CT molecular complexity index is 467. The Morgan fingerprint density at radius 3 is 2.76 bits per heavy atom. The molecule has 1 unspecified atom stereocenters. The summed E-state index contributed by atoms with van der Waals surface area (Å²) in [6.45, 7) is 4.00. The number of ketones is 1. The second-order valence-corrected chi connectivity index (χ2v) is 6.04. The molecular weight excluding hydrogens is 232 g/mol. The minimum atomic E-state index is -0.797. The van der Waals surface area contributed by atoms with E-state index in [9.17, 15) is 10.1 Å². The van der Waals surface area contributed by atoms with Gasteiger partial charge in [-0.1, -0.05) is 6.42 Å². The maximum atomic E-state index is 12.0. The maximum Gasteiger partial charge on any atom is 0.153 e. The molecule has 0 N–H and O–H groups in total. The first-order valence-corrected chi connectivity index (χ1v) is 6.76. The molecule has 3 nitrogen and oxygen atoms in total. The van der Waals surface area contributed by atoms with Crippen molar-refractivity contribution in [3.05, 3.63) is 15.6 Å². The van der Waals surface area contributed by atoms with Gasteiger partial charge in [-0.2, -0.15) is 5.26 Å². The summed E-state index contributed by atoms with van der Waals surface area (Å²) in [6, 6.07) is 2.26. The molecule has 0 radical (unpaired) electrons. The second-order valence-electron chi connectivity index (χ2n) is 4.75. The lowest BCUT2D eigenvalue weighted by atomic mass is 9.72. The molecule has 1 saturated carbocycles. The van der Waals surface area contributed by atoms with Crippen LogP contribution in [0.1, 0.15) is 41.3 Å². The fourth-order valence-electron chi connectivity index (χ4n) is 2.31. The Hall–Kier alpha value is -1.21. The van der Waals surface area contributed by atoms with Gasteiger partial charge in [0.05, 0.1) is 16.8 Å². The third-order valence-electron chi connectivity index (χ3n) is 3.53. The van der Waals surface area contributed by atoms with E-state index < -0.39 is 5.41 Å². The van der Waals surface area contributed by atoms with Crippen LogP contribution in [0.3, 0.4) is 0 Å². The van der Waals surface area contributed by atoms with Crippen molar-refractivity contribution in [3.8, 4) is 6.07 Å². The number of carbonyl (C=O) groups excluding carboxylic acids is 1. The molecule has 0 spiro atoms. The number of nitriles is 1. The predicted octanol–water partition coefficient (Wildman–Crippen LogP) is 2.96. The monoisotopic (exact) mass is 248 g/mol. The minimum absolute atomic E-state index is 0.108. The molecule has 0 saturated heterocycles. The average molecular weight is 248 g/mol. The number of aromatic nitrogens is 1. The van der Waals surface area contributed by atoms with Gasteiger partial charge in [0.1, 0.15) is 5.41 Å². The van der Waals surface area contributed by atoms with E-state index in [4.69, 9.17) is 0 Å². The van der Waals surface area contributed by atoms with Crippen LogP contribution in [0.25, 0.3) is 0 Å². The van der Waals surface area contributed by atoms with Crippen LogP contribution in [0.5, 0.6) is 0 Å². The summed E-state index contributed by atoms with van der Waals surface area (Å²) in [5.74, 6) is 0.108. The zero-order chi connectivity index (χ0) is 12.5. The van der Waals surface area contributed by atoms with Gasteiger partial charge < -0.3 is 0 Å². The molecule has 1 aliphatic rings. The van der Waals surface area contributed by atoms with Gasteiger partial charge in [0.25, 0.3) is 0 Å². The molecule has 90 valence electrons. The third kappa shape index (κ3) is 2.25. The van der Waals surface area contributed by atoms with Crippen LogP contribution < -0.4 is 0 Å². The van der Waals surface area contributed by atoms with E-state index in [2.05, 4.69) is 11.1 Å². The summed E-state index contributed by atoms with van der Waals surface area (Å²) in [5.41, 5.74) is 0.218. The van der Waals surface area contributed by atoms with Crippen LogP contribution in [-0.4, -0.2) is 10.8 Å². The fraction of sp³-hybridized carbons (Fsp3) is 0.615. The molecule has 0 bridgehead atoms. The largest absolute Gasteiger partial charge is 0.298 e.